The SMILES string of the molecule is N=C(CCCN)CCCON=O. The van der Waals surface area contributed by atoms with Crippen molar-refractivity contribution in [3.8, 4) is 0 Å². The van der Waals surface area contributed by atoms with Crippen LogP contribution in [0.5, 0.6) is 0 Å². The maximum Gasteiger partial charge on any atom is 0.155 e. The fraction of sp³-hybridized carbons (Fsp3) is 0.857. The van der Waals surface area contributed by atoms with Gasteiger partial charge in [0.15, 0.2) is 5.34 Å². The minimum absolute atomic E-state index is 0.300. The van der Waals surface area contributed by atoms with Crippen LogP contribution in [0.15, 0.2) is 5.34 Å². The van der Waals surface area contributed by atoms with Crippen LogP contribution in [0.2, 0.25) is 0 Å². The molecule has 0 saturated carbocycles. The highest BCUT2D eigenvalue weighted by Crippen LogP contribution is 1.98. The Morgan fingerprint density at radius 2 is 2.08 bits per heavy atom. The first-order chi connectivity index (χ1) is 5.81. The lowest BCUT2D eigenvalue weighted by atomic mass is 10.1. The lowest BCUT2D eigenvalue weighted by Gasteiger charge is -2.00. The Kier molecular flexibility index (Phi) is 7.47. The first kappa shape index (κ1) is 11.0. The Bertz CT molecular complexity index is 139. The Hall–Kier alpha value is -0.970. The molecule has 0 aliphatic rings. The van der Waals surface area contributed by atoms with Crippen LogP contribution in [-0.4, -0.2) is 18.9 Å². The molecule has 5 nitrogen and oxygen atoms in total. The number of nitrogens with two attached hydrogens (primary N) is 1. The van der Waals surface area contributed by atoms with Crippen molar-refractivity contribution in [2.24, 2.45) is 11.1 Å². The topological polar surface area (TPSA) is 88.5 Å². The van der Waals surface area contributed by atoms with Crippen molar-refractivity contribution in [3.63, 3.8) is 0 Å². The smallest absolute Gasteiger partial charge is 0.155 e. The number of nitrogens with zero attached hydrogens (tertiary/aromatic N) is 1. The summed E-state index contributed by atoms with van der Waals surface area (Å²) in [6, 6.07) is 0. The number of hydrogen-bond donors (Lipinski definition) is 2. The molecule has 0 spiro atoms. The van der Waals surface area contributed by atoms with Crippen LogP contribution in [0.3, 0.4) is 0 Å². The zero-order valence-corrected chi connectivity index (χ0v) is 7.08. The van der Waals surface area contributed by atoms with E-state index in [1.54, 1.807) is 0 Å². The first-order valence-corrected chi connectivity index (χ1v) is 4.02. The highest BCUT2D eigenvalue weighted by molar-refractivity contribution is 5.81. The van der Waals surface area contributed by atoms with Crippen molar-refractivity contribution in [1.82, 2.24) is 0 Å². The molecule has 0 amide bonds. The molecule has 0 aromatic heterocycles. The van der Waals surface area contributed by atoms with Crippen molar-refractivity contribution >= 4 is 5.71 Å². The van der Waals surface area contributed by atoms with Crippen molar-refractivity contribution in [2.75, 3.05) is 13.2 Å². The summed E-state index contributed by atoms with van der Waals surface area (Å²) in [7, 11) is 0. The van der Waals surface area contributed by atoms with Gasteiger partial charge in [-0.05, 0) is 32.2 Å². The van der Waals surface area contributed by atoms with Gasteiger partial charge < -0.3 is 16.0 Å². The van der Waals surface area contributed by atoms with Crippen LogP contribution in [-0.2, 0) is 4.84 Å². The summed E-state index contributed by atoms with van der Waals surface area (Å²) in [5.74, 6) is 0. The number of rotatable bonds is 8. The van der Waals surface area contributed by atoms with Crippen molar-refractivity contribution in [2.45, 2.75) is 25.7 Å². The average molecular weight is 173 g/mol. The maximum absolute atomic E-state index is 9.48. The van der Waals surface area contributed by atoms with Gasteiger partial charge in [-0.1, -0.05) is 0 Å². The Morgan fingerprint density at radius 1 is 1.42 bits per heavy atom. The molecule has 0 saturated heterocycles. The van der Waals surface area contributed by atoms with Crippen LogP contribution in [0, 0.1) is 10.3 Å². The molecule has 0 aromatic carbocycles. The van der Waals surface area contributed by atoms with E-state index in [1.807, 2.05) is 0 Å². The molecule has 0 aliphatic carbocycles. The summed E-state index contributed by atoms with van der Waals surface area (Å²) in [6.07, 6.45) is 2.93. The van der Waals surface area contributed by atoms with Gasteiger partial charge in [-0.3, -0.25) is 0 Å². The van der Waals surface area contributed by atoms with E-state index in [-0.39, 0.29) is 0 Å². The van der Waals surface area contributed by atoms with Crippen LogP contribution >= 0.6 is 0 Å². The number of nitrogens with one attached hydrogen (secondary N) is 1. The van der Waals surface area contributed by atoms with Crippen molar-refractivity contribution in [3.05, 3.63) is 4.91 Å². The van der Waals surface area contributed by atoms with E-state index >= 15 is 0 Å². The highest BCUT2D eigenvalue weighted by Gasteiger charge is 1.96. The molecule has 0 bridgehead atoms. The molecular weight excluding hydrogens is 158 g/mol. The predicted molar refractivity (Wildman–Crippen MR) is 47.0 cm³/mol. The second-order valence-electron chi connectivity index (χ2n) is 2.51. The van der Waals surface area contributed by atoms with Crippen LogP contribution in [0.4, 0.5) is 0 Å². The van der Waals surface area contributed by atoms with E-state index in [0.717, 1.165) is 12.8 Å². The van der Waals surface area contributed by atoms with Gasteiger partial charge in [0.25, 0.3) is 0 Å². The van der Waals surface area contributed by atoms with Crippen LogP contribution < -0.4 is 5.73 Å². The zero-order chi connectivity index (χ0) is 9.23. The van der Waals surface area contributed by atoms with E-state index in [4.69, 9.17) is 11.1 Å². The monoisotopic (exact) mass is 173 g/mol. The van der Waals surface area contributed by atoms with Crippen molar-refractivity contribution < 1.29 is 4.84 Å². The molecular formula is C7H15N3O2. The van der Waals surface area contributed by atoms with Crippen molar-refractivity contribution in [1.29, 1.82) is 5.41 Å². The fourth-order valence-electron chi connectivity index (χ4n) is 0.828. The molecule has 0 radical (unpaired) electrons. The summed E-state index contributed by atoms with van der Waals surface area (Å²) in [5.41, 5.74) is 5.94. The molecule has 0 rings (SSSR count). The van der Waals surface area contributed by atoms with Gasteiger partial charge in [-0.2, -0.15) is 0 Å². The largest absolute Gasteiger partial charge is 0.364 e. The molecule has 3 N–H and O–H groups in total. The molecule has 0 fully saturated rings. The number of hydrogen-bond acceptors (Lipinski definition) is 5. The lowest BCUT2D eigenvalue weighted by Crippen LogP contribution is -2.04. The summed E-state index contributed by atoms with van der Waals surface area (Å²) >= 11 is 0. The molecule has 70 valence electrons. The van der Waals surface area contributed by atoms with Gasteiger partial charge in [-0.15, -0.1) is 4.91 Å². The third kappa shape index (κ3) is 7.14. The standard InChI is InChI=1S/C7H15N3O2/c8-5-1-3-7(9)4-2-6-12-10-11/h9H,1-6,8H2. The van der Waals surface area contributed by atoms with Gasteiger partial charge in [0, 0.05) is 5.71 Å². The van der Waals surface area contributed by atoms with E-state index in [9.17, 15) is 4.91 Å². The Balaban J connectivity index is 3.13. The minimum atomic E-state index is 0.300. The van der Waals surface area contributed by atoms with Gasteiger partial charge in [0.1, 0.15) is 6.61 Å². The maximum atomic E-state index is 9.48. The highest BCUT2D eigenvalue weighted by atomic mass is 16.7. The first-order valence-electron chi connectivity index (χ1n) is 4.02. The van der Waals surface area contributed by atoms with Crippen LogP contribution in [0.25, 0.3) is 0 Å². The molecule has 5 heteroatoms. The van der Waals surface area contributed by atoms with Gasteiger partial charge in [-0.25, -0.2) is 0 Å². The Morgan fingerprint density at radius 3 is 2.67 bits per heavy atom. The van der Waals surface area contributed by atoms with Gasteiger partial charge in [0.05, 0.1) is 0 Å². The van der Waals surface area contributed by atoms with Crippen LogP contribution in [0.1, 0.15) is 25.7 Å². The third-order valence-corrected chi connectivity index (χ3v) is 1.45. The zero-order valence-electron chi connectivity index (χ0n) is 7.08. The molecule has 0 heterocycles. The lowest BCUT2D eigenvalue weighted by molar-refractivity contribution is 0.138. The third-order valence-electron chi connectivity index (χ3n) is 1.45. The average Bonchev–Trinajstić information content (AvgIpc) is 2.09. The second-order valence-corrected chi connectivity index (χ2v) is 2.51. The summed E-state index contributed by atoms with van der Waals surface area (Å²) in [5, 5.41) is 9.66. The predicted octanol–water partition coefficient (Wildman–Crippen LogP) is 1.22. The quantitative estimate of drug-likeness (QED) is 0.250. The van der Waals surface area contributed by atoms with Gasteiger partial charge in [0.2, 0.25) is 0 Å². The summed E-state index contributed by atoms with van der Waals surface area (Å²) in [4.78, 5) is 13.7. The molecule has 0 aliphatic heterocycles. The Labute approximate surface area is 71.7 Å². The molecule has 0 unspecified atom stereocenters. The molecule has 12 heavy (non-hydrogen) atoms. The molecule has 0 atom stereocenters. The minimum Gasteiger partial charge on any atom is -0.364 e. The molecule has 0 aromatic rings. The van der Waals surface area contributed by atoms with Gasteiger partial charge >= 0.3 is 0 Å². The van der Waals surface area contributed by atoms with E-state index in [2.05, 4.69) is 10.2 Å². The normalized spacial score (nSPS) is 9.42. The van der Waals surface area contributed by atoms with E-state index in [1.165, 1.54) is 0 Å². The van der Waals surface area contributed by atoms with E-state index in [0.29, 0.717) is 31.7 Å². The second kappa shape index (κ2) is 8.13. The summed E-state index contributed by atoms with van der Waals surface area (Å²) in [6.45, 7) is 0.920. The van der Waals surface area contributed by atoms with E-state index < -0.39 is 0 Å². The summed E-state index contributed by atoms with van der Waals surface area (Å²) < 4.78 is 0. The fourth-order valence-corrected chi connectivity index (χ4v) is 0.828.